The summed E-state index contributed by atoms with van der Waals surface area (Å²) >= 11 is 0. The molecule has 1 heterocycles. The minimum atomic E-state index is 0.643. The van der Waals surface area contributed by atoms with E-state index >= 15 is 0 Å². The quantitative estimate of drug-likeness (QED) is 0.194. The van der Waals surface area contributed by atoms with Gasteiger partial charge in [0.05, 0.1) is 6.57 Å². The van der Waals surface area contributed by atoms with Gasteiger partial charge in [0.2, 0.25) is 0 Å². The second kappa shape index (κ2) is 10.6. The Balaban J connectivity index is 1.22. The van der Waals surface area contributed by atoms with Crippen molar-refractivity contribution in [3.63, 3.8) is 0 Å². The molecule has 0 aliphatic carbocycles. The first-order chi connectivity index (χ1) is 21.7. The third-order valence-electron chi connectivity index (χ3n) is 8.29. The van der Waals surface area contributed by atoms with Crippen LogP contribution in [0.3, 0.4) is 0 Å². The summed E-state index contributed by atoms with van der Waals surface area (Å²) in [5.41, 5.74) is 10.6. The predicted octanol–water partition coefficient (Wildman–Crippen LogP) is 12.0. The van der Waals surface area contributed by atoms with E-state index in [2.05, 4.69) is 125 Å². The molecule has 1 aliphatic rings. The Morgan fingerprint density at radius 3 is 1.66 bits per heavy atom. The Morgan fingerprint density at radius 1 is 0.455 bits per heavy atom. The van der Waals surface area contributed by atoms with Crippen molar-refractivity contribution < 1.29 is 4.74 Å². The SMILES string of the molecule is [C-]#[N+]c1ccc(-c2ccc(N(c3ccc(-c4ccccc4)cc3)c3ccc4c(c3)Oc3cccc5cccc-4c35)cc2)cc1. The number of hydrogen-bond acceptors (Lipinski definition) is 2. The summed E-state index contributed by atoms with van der Waals surface area (Å²) in [6.07, 6.45) is 0. The molecule has 44 heavy (non-hydrogen) atoms. The molecular formula is C41H26N2O. The van der Waals surface area contributed by atoms with E-state index in [4.69, 9.17) is 11.3 Å². The van der Waals surface area contributed by atoms with Gasteiger partial charge in [-0.1, -0.05) is 109 Å². The third-order valence-corrected chi connectivity index (χ3v) is 8.29. The lowest BCUT2D eigenvalue weighted by Crippen LogP contribution is -2.10. The monoisotopic (exact) mass is 562 g/mol. The lowest BCUT2D eigenvalue weighted by molar-refractivity contribution is 0.487. The molecule has 0 atom stereocenters. The minimum absolute atomic E-state index is 0.643. The number of benzene rings is 7. The van der Waals surface area contributed by atoms with Gasteiger partial charge in [-0.05, 0) is 75.7 Å². The zero-order chi connectivity index (χ0) is 29.5. The highest BCUT2D eigenvalue weighted by atomic mass is 16.5. The molecule has 0 amide bonds. The Kier molecular flexibility index (Phi) is 6.18. The molecule has 0 unspecified atom stereocenters. The number of fused-ring (bicyclic) bond motifs is 2. The van der Waals surface area contributed by atoms with Crippen LogP contribution >= 0.6 is 0 Å². The van der Waals surface area contributed by atoms with Crippen LogP contribution in [0, 0.1) is 6.57 Å². The fourth-order valence-electron chi connectivity index (χ4n) is 6.10. The van der Waals surface area contributed by atoms with Crippen LogP contribution in [0.2, 0.25) is 0 Å². The molecule has 0 bridgehead atoms. The van der Waals surface area contributed by atoms with Gasteiger partial charge in [-0.25, -0.2) is 4.85 Å². The fourth-order valence-corrected chi connectivity index (χ4v) is 6.10. The van der Waals surface area contributed by atoms with E-state index in [1.54, 1.807) is 0 Å². The van der Waals surface area contributed by atoms with Gasteiger partial charge in [-0.15, -0.1) is 0 Å². The molecule has 0 fully saturated rings. The number of hydrogen-bond donors (Lipinski definition) is 0. The van der Waals surface area contributed by atoms with Gasteiger partial charge < -0.3 is 9.64 Å². The normalized spacial score (nSPS) is 11.3. The molecule has 7 aromatic carbocycles. The molecule has 0 saturated heterocycles. The average Bonchev–Trinajstić information content (AvgIpc) is 3.10. The first-order valence-corrected chi connectivity index (χ1v) is 14.6. The van der Waals surface area contributed by atoms with Crippen LogP contribution in [-0.4, -0.2) is 0 Å². The van der Waals surface area contributed by atoms with Gasteiger partial charge >= 0.3 is 0 Å². The van der Waals surface area contributed by atoms with E-state index in [1.165, 1.54) is 22.1 Å². The van der Waals surface area contributed by atoms with Crippen LogP contribution in [0.25, 0.3) is 49.0 Å². The van der Waals surface area contributed by atoms with Crippen LogP contribution in [0.1, 0.15) is 0 Å². The highest BCUT2D eigenvalue weighted by Gasteiger charge is 2.22. The van der Waals surface area contributed by atoms with E-state index in [-0.39, 0.29) is 0 Å². The zero-order valence-electron chi connectivity index (χ0n) is 23.8. The third kappa shape index (κ3) is 4.47. The lowest BCUT2D eigenvalue weighted by Gasteiger charge is -2.28. The summed E-state index contributed by atoms with van der Waals surface area (Å²) in [5.74, 6) is 1.73. The highest BCUT2D eigenvalue weighted by molar-refractivity contribution is 6.04. The van der Waals surface area contributed by atoms with Crippen LogP contribution < -0.4 is 9.64 Å². The lowest BCUT2D eigenvalue weighted by atomic mass is 9.94. The molecule has 8 rings (SSSR count). The van der Waals surface area contributed by atoms with Gasteiger partial charge in [0.25, 0.3) is 0 Å². The fraction of sp³-hybridized carbons (Fsp3) is 0. The molecule has 0 spiro atoms. The van der Waals surface area contributed by atoms with Crippen LogP contribution in [0.15, 0.2) is 158 Å². The van der Waals surface area contributed by atoms with Crippen molar-refractivity contribution in [3.8, 4) is 44.9 Å². The molecule has 1 aliphatic heterocycles. The molecule has 0 aromatic heterocycles. The molecule has 0 N–H and O–H groups in total. The van der Waals surface area contributed by atoms with Crippen LogP contribution in [0.5, 0.6) is 11.5 Å². The summed E-state index contributed by atoms with van der Waals surface area (Å²) in [7, 11) is 0. The summed E-state index contributed by atoms with van der Waals surface area (Å²) in [6.45, 7) is 7.25. The van der Waals surface area contributed by atoms with Crippen molar-refractivity contribution >= 4 is 33.5 Å². The Bertz CT molecular complexity index is 2170. The van der Waals surface area contributed by atoms with Crippen molar-refractivity contribution in [1.82, 2.24) is 0 Å². The molecule has 3 heteroatoms. The van der Waals surface area contributed by atoms with E-state index in [0.717, 1.165) is 50.6 Å². The first-order valence-electron chi connectivity index (χ1n) is 14.6. The first kappa shape index (κ1) is 25.6. The Hall–Kier alpha value is -6.11. The smallest absolute Gasteiger partial charge is 0.187 e. The van der Waals surface area contributed by atoms with Gasteiger partial charge in [0.1, 0.15) is 11.5 Å². The number of ether oxygens (including phenoxy) is 1. The van der Waals surface area contributed by atoms with Crippen LogP contribution in [0.4, 0.5) is 22.7 Å². The maximum atomic E-state index is 7.25. The highest BCUT2D eigenvalue weighted by Crippen LogP contribution is 2.48. The van der Waals surface area contributed by atoms with Gasteiger partial charge in [0, 0.05) is 34.1 Å². The summed E-state index contributed by atoms with van der Waals surface area (Å²) < 4.78 is 6.54. The number of rotatable bonds is 5. The van der Waals surface area contributed by atoms with E-state index < -0.39 is 0 Å². The molecular weight excluding hydrogens is 536 g/mol. The second-order valence-electron chi connectivity index (χ2n) is 10.9. The standard InChI is InChI=1S/C41H26N2O/c1-42-33-19-13-29(14-20-33)31-17-23-35(24-18-31)43(34-21-15-30(16-22-34)28-7-3-2-4-8-28)36-25-26-37-38-11-5-9-32-10-6-12-39(41(32)38)44-40(37)27-36/h2-27H. The van der Waals surface area contributed by atoms with Crippen molar-refractivity contribution in [3.05, 3.63) is 169 Å². The minimum Gasteiger partial charge on any atom is -0.456 e. The molecule has 206 valence electrons. The Morgan fingerprint density at radius 2 is 1.02 bits per heavy atom. The largest absolute Gasteiger partial charge is 0.456 e. The molecule has 7 aromatic rings. The predicted molar refractivity (Wildman–Crippen MR) is 181 cm³/mol. The van der Waals surface area contributed by atoms with E-state index in [9.17, 15) is 0 Å². The second-order valence-corrected chi connectivity index (χ2v) is 10.9. The van der Waals surface area contributed by atoms with Gasteiger partial charge in [-0.3, -0.25) is 0 Å². The summed E-state index contributed by atoms with van der Waals surface area (Å²) in [6, 6.07) is 54.6. The van der Waals surface area contributed by atoms with E-state index in [0.29, 0.717) is 5.69 Å². The van der Waals surface area contributed by atoms with Gasteiger partial charge in [0.15, 0.2) is 5.69 Å². The van der Waals surface area contributed by atoms with Gasteiger partial charge in [-0.2, -0.15) is 0 Å². The molecule has 3 nitrogen and oxygen atoms in total. The summed E-state index contributed by atoms with van der Waals surface area (Å²) in [5, 5.41) is 2.34. The maximum absolute atomic E-state index is 7.25. The molecule has 0 saturated carbocycles. The zero-order valence-corrected chi connectivity index (χ0v) is 23.8. The van der Waals surface area contributed by atoms with Crippen molar-refractivity contribution in [2.24, 2.45) is 0 Å². The topological polar surface area (TPSA) is 16.8 Å². The number of anilines is 3. The summed E-state index contributed by atoms with van der Waals surface area (Å²) in [4.78, 5) is 5.79. The molecule has 0 radical (unpaired) electrons. The Labute approximate surface area is 256 Å². The van der Waals surface area contributed by atoms with E-state index in [1.807, 2.05) is 42.5 Å². The van der Waals surface area contributed by atoms with Crippen molar-refractivity contribution in [1.29, 1.82) is 0 Å². The van der Waals surface area contributed by atoms with Crippen molar-refractivity contribution in [2.45, 2.75) is 0 Å². The maximum Gasteiger partial charge on any atom is 0.187 e. The van der Waals surface area contributed by atoms with Crippen LogP contribution in [-0.2, 0) is 0 Å². The van der Waals surface area contributed by atoms with Crippen molar-refractivity contribution in [2.75, 3.05) is 4.90 Å². The average molecular weight is 563 g/mol. The number of nitrogens with zero attached hydrogens (tertiary/aromatic N) is 2.